The van der Waals surface area contributed by atoms with E-state index >= 15 is 0 Å². The fourth-order valence-corrected chi connectivity index (χ4v) is 2.88. The number of aryl methyl sites for hydroxylation is 1. The normalized spacial score (nSPS) is 11.0. The predicted octanol–water partition coefficient (Wildman–Crippen LogP) is 4.70. The third kappa shape index (κ3) is 4.58. The summed E-state index contributed by atoms with van der Waals surface area (Å²) in [6.45, 7) is 0.117. The van der Waals surface area contributed by atoms with Crippen LogP contribution in [0, 0.1) is 5.82 Å². The average Bonchev–Trinajstić information content (AvgIpc) is 3.03. The van der Waals surface area contributed by atoms with E-state index in [0.29, 0.717) is 10.8 Å². The fourth-order valence-electron chi connectivity index (χ4n) is 2.61. The van der Waals surface area contributed by atoms with Gasteiger partial charge in [0.25, 0.3) is 0 Å². The molecule has 144 valence electrons. The number of aromatic nitrogens is 2. The van der Waals surface area contributed by atoms with Gasteiger partial charge in [-0.25, -0.2) is 4.39 Å². The summed E-state index contributed by atoms with van der Waals surface area (Å²) in [7, 11) is 3.24. The molecule has 5 nitrogen and oxygen atoms in total. The number of ether oxygens (including phenoxy) is 2. The van der Waals surface area contributed by atoms with Gasteiger partial charge in [0.2, 0.25) is 5.78 Å². The van der Waals surface area contributed by atoms with Gasteiger partial charge in [-0.2, -0.15) is 5.10 Å². The minimum atomic E-state index is -0.435. The molecule has 1 aromatic heterocycles. The Balaban J connectivity index is 1.77. The first-order valence-corrected chi connectivity index (χ1v) is 8.81. The Morgan fingerprint density at radius 3 is 2.71 bits per heavy atom. The van der Waals surface area contributed by atoms with Crippen LogP contribution in [0.2, 0.25) is 5.02 Å². The largest absolute Gasteiger partial charge is 0.496 e. The number of nitrogens with zero attached hydrogens (tertiary/aromatic N) is 2. The Hall–Kier alpha value is -3.12. The minimum Gasteiger partial charge on any atom is -0.496 e. The summed E-state index contributed by atoms with van der Waals surface area (Å²) >= 11 is 6.00. The zero-order valence-electron chi connectivity index (χ0n) is 15.4. The van der Waals surface area contributed by atoms with Crippen LogP contribution >= 0.6 is 11.6 Å². The van der Waals surface area contributed by atoms with E-state index in [2.05, 4.69) is 5.10 Å². The molecule has 0 aliphatic heterocycles. The summed E-state index contributed by atoms with van der Waals surface area (Å²) in [6, 6.07) is 11.6. The van der Waals surface area contributed by atoms with Crippen LogP contribution in [0.15, 0.2) is 54.7 Å². The number of hydrogen-bond acceptors (Lipinski definition) is 4. The van der Waals surface area contributed by atoms with E-state index in [4.69, 9.17) is 21.1 Å². The number of ketones is 1. The van der Waals surface area contributed by atoms with Gasteiger partial charge in [0.15, 0.2) is 17.3 Å². The van der Waals surface area contributed by atoms with Gasteiger partial charge in [0, 0.05) is 18.8 Å². The van der Waals surface area contributed by atoms with E-state index < -0.39 is 5.82 Å². The quantitative estimate of drug-likeness (QED) is 0.426. The van der Waals surface area contributed by atoms with Crippen LogP contribution in [0.3, 0.4) is 0 Å². The molecule has 0 N–H and O–H groups in total. The summed E-state index contributed by atoms with van der Waals surface area (Å²) in [4.78, 5) is 12.3. The van der Waals surface area contributed by atoms with Gasteiger partial charge < -0.3 is 9.47 Å². The number of benzene rings is 2. The number of para-hydroxylation sites is 1. The molecule has 0 spiro atoms. The van der Waals surface area contributed by atoms with Gasteiger partial charge in [-0.1, -0.05) is 35.9 Å². The van der Waals surface area contributed by atoms with E-state index in [0.717, 1.165) is 11.1 Å². The van der Waals surface area contributed by atoms with Crippen molar-refractivity contribution in [2.75, 3.05) is 7.11 Å². The molecule has 0 aliphatic carbocycles. The number of methoxy groups -OCH3 is 1. The topological polar surface area (TPSA) is 53.3 Å². The first-order chi connectivity index (χ1) is 13.5. The van der Waals surface area contributed by atoms with Crippen LogP contribution in [-0.4, -0.2) is 22.7 Å². The van der Waals surface area contributed by atoms with Crippen LogP contribution in [0.25, 0.3) is 6.08 Å². The molecule has 0 amide bonds. The number of carbonyl (C=O) groups excluding carboxylic acids is 1. The van der Waals surface area contributed by atoms with Gasteiger partial charge in [-0.05, 0) is 35.9 Å². The highest BCUT2D eigenvalue weighted by Gasteiger charge is 2.12. The Morgan fingerprint density at radius 1 is 1.25 bits per heavy atom. The maximum Gasteiger partial charge on any atom is 0.207 e. The molecule has 0 unspecified atom stereocenters. The van der Waals surface area contributed by atoms with E-state index in [9.17, 15) is 9.18 Å². The molecule has 0 saturated heterocycles. The van der Waals surface area contributed by atoms with Crippen molar-refractivity contribution in [3.05, 3.63) is 82.4 Å². The highest BCUT2D eigenvalue weighted by molar-refractivity contribution is 6.34. The summed E-state index contributed by atoms with van der Waals surface area (Å²) in [5.74, 6) is 0.0268. The van der Waals surface area contributed by atoms with Crippen molar-refractivity contribution in [1.29, 1.82) is 0 Å². The maximum absolute atomic E-state index is 13.7. The standard InChI is InChI=1S/C21H18ClFN2O3/c1-25-12-16(22)21(24-25)18(26)9-7-14-8-10-19(27-2)15(11-14)13-28-20-6-4-3-5-17(20)23/h3-12H,13H2,1-2H3/b9-7+. The highest BCUT2D eigenvalue weighted by atomic mass is 35.5. The molecule has 2 aromatic carbocycles. The Morgan fingerprint density at radius 2 is 2.04 bits per heavy atom. The second-order valence-electron chi connectivity index (χ2n) is 5.99. The van der Waals surface area contributed by atoms with Crippen molar-refractivity contribution >= 4 is 23.5 Å². The molecule has 0 atom stereocenters. The molecule has 0 saturated carbocycles. The molecule has 0 aliphatic rings. The average molecular weight is 401 g/mol. The third-order valence-corrected chi connectivity index (χ3v) is 4.25. The van der Waals surface area contributed by atoms with Gasteiger partial charge >= 0.3 is 0 Å². The van der Waals surface area contributed by atoms with Crippen molar-refractivity contribution < 1.29 is 18.7 Å². The van der Waals surface area contributed by atoms with E-state index in [-0.39, 0.29) is 23.8 Å². The van der Waals surface area contributed by atoms with Crippen LogP contribution in [0.4, 0.5) is 4.39 Å². The zero-order chi connectivity index (χ0) is 20.1. The molecule has 3 aromatic rings. The zero-order valence-corrected chi connectivity index (χ0v) is 16.1. The number of rotatable bonds is 7. The fraction of sp³-hybridized carbons (Fsp3) is 0.143. The van der Waals surface area contributed by atoms with Gasteiger partial charge in [-0.3, -0.25) is 9.48 Å². The lowest BCUT2D eigenvalue weighted by Crippen LogP contribution is -2.01. The van der Waals surface area contributed by atoms with Crippen LogP contribution in [0.5, 0.6) is 11.5 Å². The monoisotopic (exact) mass is 400 g/mol. The maximum atomic E-state index is 13.7. The highest BCUT2D eigenvalue weighted by Crippen LogP contribution is 2.24. The minimum absolute atomic E-state index is 0.117. The molecule has 3 rings (SSSR count). The molecule has 28 heavy (non-hydrogen) atoms. The van der Waals surface area contributed by atoms with Crippen molar-refractivity contribution in [1.82, 2.24) is 9.78 Å². The van der Waals surface area contributed by atoms with Crippen molar-refractivity contribution in [2.45, 2.75) is 6.61 Å². The van der Waals surface area contributed by atoms with Crippen LogP contribution in [-0.2, 0) is 13.7 Å². The summed E-state index contributed by atoms with van der Waals surface area (Å²) in [5, 5.41) is 4.34. The van der Waals surface area contributed by atoms with E-state index in [1.165, 1.54) is 16.8 Å². The summed E-state index contributed by atoms with van der Waals surface area (Å²) in [5.41, 5.74) is 1.67. The molecule has 1 heterocycles. The molecule has 7 heteroatoms. The molecular weight excluding hydrogens is 383 g/mol. The van der Waals surface area contributed by atoms with E-state index in [1.807, 2.05) is 6.07 Å². The Labute approximate surface area is 167 Å². The molecule has 0 bridgehead atoms. The third-order valence-electron chi connectivity index (χ3n) is 3.97. The van der Waals surface area contributed by atoms with E-state index in [1.54, 1.807) is 56.8 Å². The van der Waals surface area contributed by atoms with Gasteiger partial charge in [0.1, 0.15) is 12.4 Å². The van der Waals surface area contributed by atoms with Gasteiger partial charge in [-0.15, -0.1) is 0 Å². The smallest absolute Gasteiger partial charge is 0.207 e. The molecule has 0 radical (unpaired) electrons. The number of halogens is 2. The predicted molar refractivity (Wildman–Crippen MR) is 105 cm³/mol. The second-order valence-corrected chi connectivity index (χ2v) is 6.39. The lowest BCUT2D eigenvalue weighted by atomic mass is 10.1. The van der Waals surface area contributed by atoms with Crippen molar-refractivity contribution in [3.8, 4) is 11.5 Å². The van der Waals surface area contributed by atoms with Crippen LogP contribution < -0.4 is 9.47 Å². The van der Waals surface area contributed by atoms with Crippen LogP contribution in [0.1, 0.15) is 21.6 Å². The van der Waals surface area contributed by atoms with Crippen molar-refractivity contribution in [3.63, 3.8) is 0 Å². The van der Waals surface area contributed by atoms with Crippen molar-refractivity contribution in [2.24, 2.45) is 7.05 Å². The SMILES string of the molecule is COc1ccc(/C=C/C(=O)c2nn(C)cc2Cl)cc1COc1ccccc1F. The van der Waals surface area contributed by atoms with Gasteiger partial charge in [0.05, 0.1) is 12.1 Å². The first-order valence-electron chi connectivity index (χ1n) is 8.43. The first kappa shape index (κ1) is 19.6. The molecular formula is C21H18ClFN2O3. The number of hydrogen-bond donors (Lipinski definition) is 0. The lowest BCUT2D eigenvalue weighted by Gasteiger charge is -2.11. The Kier molecular flexibility index (Phi) is 6.11. The summed E-state index contributed by atoms with van der Waals surface area (Å²) in [6.07, 6.45) is 4.62. The lowest BCUT2D eigenvalue weighted by molar-refractivity contribution is 0.104. The Bertz CT molecular complexity index is 1030. The summed E-state index contributed by atoms with van der Waals surface area (Å²) < 4.78 is 26.1. The number of carbonyl (C=O) groups is 1. The second kappa shape index (κ2) is 8.71. The number of allylic oxidation sites excluding steroid dienone is 1. The molecule has 0 fully saturated rings.